The Kier molecular flexibility index (Phi) is 24.1. The third-order valence-electron chi connectivity index (χ3n) is 23.3. The molecule has 0 radical (unpaired) electrons. The van der Waals surface area contributed by atoms with E-state index in [1.165, 1.54) is 18.7 Å². The second-order valence-electron chi connectivity index (χ2n) is 31.6. The Labute approximate surface area is 778 Å². The molecule has 0 spiro atoms. The highest BCUT2D eigenvalue weighted by molar-refractivity contribution is 6.03. The summed E-state index contributed by atoms with van der Waals surface area (Å²) < 4.78 is 28.3. The van der Waals surface area contributed by atoms with Crippen LogP contribution in [0, 0.1) is 0 Å². The van der Waals surface area contributed by atoms with Crippen LogP contribution < -0.4 is 17.0 Å². The number of oxime groups is 1. The van der Waals surface area contributed by atoms with E-state index >= 15 is 0 Å². The molecule has 0 bridgehead atoms. The number of H-pyrrole nitrogens is 4. The van der Waals surface area contributed by atoms with Gasteiger partial charge in [0.2, 0.25) is 0 Å². The number of aromatic carboxylic acids is 1. The van der Waals surface area contributed by atoms with Gasteiger partial charge in [0.25, 0.3) is 0 Å². The molecule has 8 aromatic carbocycles. The van der Waals surface area contributed by atoms with E-state index < -0.39 is 5.97 Å². The van der Waals surface area contributed by atoms with Crippen molar-refractivity contribution in [2.75, 3.05) is 31.9 Å². The summed E-state index contributed by atoms with van der Waals surface area (Å²) >= 11 is 0. The first kappa shape index (κ1) is 85.5. The number of hydrazine groups is 1. The molecular weight excluding hydrogens is 1730 g/mol. The molecule has 2 aliphatic rings. The molecule has 23 aromatic rings. The van der Waals surface area contributed by atoms with Gasteiger partial charge in [-0.05, 0) is 81.9 Å². The molecule has 2 fully saturated rings. The van der Waals surface area contributed by atoms with E-state index in [2.05, 4.69) is 195 Å². The lowest BCUT2D eigenvalue weighted by Gasteiger charge is -2.14. The van der Waals surface area contributed by atoms with Crippen LogP contribution in [0.3, 0.4) is 0 Å². The Hall–Kier alpha value is -18.3. The fourth-order valence-corrected chi connectivity index (χ4v) is 16.6. The maximum atomic E-state index is 9.99. The maximum Gasteiger partial charge on any atom is 0.353 e. The molecule has 25 rings (SSSR count). The summed E-state index contributed by atoms with van der Waals surface area (Å²) in [5, 5.41) is 50.4. The number of carboxylic acid groups (broad SMARTS) is 1. The van der Waals surface area contributed by atoms with Crippen LogP contribution in [0.2, 0.25) is 0 Å². The average Bonchev–Trinajstić information content (AvgIpc) is 1.57. The zero-order valence-electron chi connectivity index (χ0n) is 72.7. The predicted octanol–water partition coefficient (Wildman–Crippen LogP) is 18.7. The van der Waals surface area contributed by atoms with Crippen LogP contribution in [0.4, 0.5) is 5.82 Å². The summed E-state index contributed by atoms with van der Waals surface area (Å²) in [5.74, 6) is 7.39. The number of imidazole rings is 4. The summed E-state index contributed by atoms with van der Waals surface area (Å²) in [7, 11) is 0. The van der Waals surface area contributed by atoms with Gasteiger partial charge >= 0.3 is 5.97 Å². The number of fused-ring (bicyclic) bond motifs is 10. The number of nitrogens with two attached hydrogens (primary N) is 2. The van der Waals surface area contributed by atoms with E-state index in [0.29, 0.717) is 56.3 Å². The second-order valence-corrected chi connectivity index (χ2v) is 31.6. The maximum absolute atomic E-state index is 9.99. The lowest BCUT2D eigenvalue weighted by atomic mass is 9.97. The van der Waals surface area contributed by atoms with Crippen molar-refractivity contribution in [1.29, 1.82) is 0 Å². The topological polar surface area (TPSA) is 441 Å². The molecule has 2 saturated heterocycles. The van der Waals surface area contributed by atoms with Gasteiger partial charge in [0.15, 0.2) is 47.0 Å². The van der Waals surface area contributed by atoms with Gasteiger partial charge < -0.3 is 60.4 Å². The largest absolute Gasteiger partial charge is 0.477 e. The van der Waals surface area contributed by atoms with Crippen LogP contribution >= 0.6 is 0 Å². The van der Waals surface area contributed by atoms with Gasteiger partial charge in [-0.1, -0.05) is 224 Å². The first-order chi connectivity index (χ1) is 67.6. The van der Waals surface area contributed by atoms with Crippen LogP contribution in [0.5, 0.6) is 0 Å². The molecule has 0 saturated carbocycles. The molecule has 0 aliphatic carbocycles. The molecule has 33 heteroatoms. The van der Waals surface area contributed by atoms with E-state index in [9.17, 15) is 4.79 Å². The first-order valence-electron chi connectivity index (χ1n) is 43.6. The fraction of sp³-hybridized carbons (Fsp3) is 0.0673. The lowest BCUT2D eigenvalue weighted by Crippen LogP contribution is -2.09. The van der Waals surface area contributed by atoms with Crippen molar-refractivity contribution in [2.45, 2.75) is 19.1 Å². The van der Waals surface area contributed by atoms with Gasteiger partial charge in [0, 0.05) is 109 Å². The number of carbonyl (C=O) groups is 1. The Morgan fingerprint density at radius 3 is 1.05 bits per heavy atom. The minimum Gasteiger partial charge on any atom is -0.477 e. The van der Waals surface area contributed by atoms with Gasteiger partial charge in [-0.25, -0.2) is 55.5 Å². The van der Waals surface area contributed by atoms with Gasteiger partial charge in [0.05, 0.1) is 128 Å². The van der Waals surface area contributed by atoms with Crippen LogP contribution in [0.25, 0.3) is 185 Å². The minimum atomic E-state index is -0.984. The van der Waals surface area contributed by atoms with Crippen LogP contribution in [-0.4, -0.2) is 158 Å². The number of anilines is 1. The summed E-state index contributed by atoms with van der Waals surface area (Å²) in [6, 6.07) is 89.7. The number of rotatable bonds is 17. The summed E-state index contributed by atoms with van der Waals surface area (Å²) in [5.41, 5.74) is 36.5. The molecular formula is C104H80N26O7. The molecule has 2 aliphatic heterocycles. The van der Waals surface area contributed by atoms with Gasteiger partial charge in [-0.3, -0.25) is 13.2 Å². The van der Waals surface area contributed by atoms with Crippen molar-refractivity contribution >= 4 is 78.6 Å². The van der Waals surface area contributed by atoms with E-state index in [4.69, 9.17) is 60.8 Å². The first-order valence-corrected chi connectivity index (χ1v) is 43.6. The van der Waals surface area contributed by atoms with Crippen molar-refractivity contribution < 1.29 is 34.1 Å². The highest BCUT2D eigenvalue weighted by Gasteiger charge is 2.26. The molecule has 0 unspecified atom stereocenters. The van der Waals surface area contributed by atoms with Crippen molar-refractivity contribution in [3.8, 4) is 124 Å². The van der Waals surface area contributed by atoms with Crippen LogP contribution in [-0.2, 0) is 25.5 Å². The van der Waals surface area contributed by atoms with Crippen LogP contribution in [0.1, 0.15) is 45.3 Å². The van der Waals surface area contributed by atoms with Gasteiger partial charge in [-0.15, -0.1) is 30.6 Å². The number of hydrogen-bond donors (Lipinski definition) is 9. The van der Waals surface area contributed by atoms with E-state index in [1.807, 2.05) is 190 Å². The molecule has 0 amide bonds. The molecule has 668 valence electrons. The number of carboxylic acids is 1. The standard InChI is InChI=1S/C27H20N6O2.C25H17N7O.C25H19N7.C23H20N4O2.C4H4N2O2/c1-2-4-17(5-3-1)20-14-21-22(10-11-33-25(21)31-32-26(33)23-15-28-16-29-23)30-24(20)18-6-8-19(9-7-18)27-34-12-13-35-27;33-28-13-16-6-8-18(9-7-16)23-19(17-4-2-1-3-5-17)12-20-21(29-23)10-11-32-24(20)30-31-25(32)22-14-26-15-27-22;26-13-16-6-8-18(9-7-16)23-19(17-4-2-1-3-5-17)12-20-21(29-23)10-11-32-24(20)30-31-25(32)22-14-27-15-28-22;24-27-22-19-14-18(15-4-2-1-3-5-15)21(26-20(19)10-11-25-22)16-6-8-17(9-7-16)23-28-12-13-29-23;7-4(8)3-1-5-2-6-3/h1-11,14-16,27H,12-13H2,(H,28,29);1-15,33H,(H,26,27);1-12,14-15H,13,26H2,(H,27,28);1-11,14,23H,12-13,24H2,(H,25,27);1-2H,(H,5,6)(H,7,8)/b;28-13+;;;. The lowest BCUT2D eigenvalue weighted by molar-refractivity contribution is -0.0443. The number of ether oxygens (including phenoxy) is 4. The smallest absolute Gasteiger partial charge is 0.353 e. The monoisotopic (exact) mass is 1800 g/mol. The minimum absolute atomic E-state index is 0.116. The average molecular weight is 1810 g/mol. The number of benzene rings is 8. The molecule has 0 atom stereocenters. The number of aromatic amines is 4. The Morgan fingerprint density at radius 2 is 0.737 bits per heavy atom. The molecule has 15 aromatic heterocycles. The van der Waals surface area contributed by atoms with Crippen LogP contribution in [0.15, 0.2) is 347 Å². The number of pyridine rings is 8. The van der Waals surface area contributed by atoms with Gasteiger partial charge in [-0.2, -0.15) is 0 Å². The Morgan fingerprint density at radius 1 is 0.401 bits per heavy atom. The molecule has 33 nitrogen and oxygen atoms in total. The Bertz CT molecular complexity index is 8200. The highest BCUT2D eigenvalue weighted by atomic mass is 16.7. The van der Waals surface area contributed by atoms with E-state index in [1.54, 1.807) is 43.8 Å². The number of nitrogens with zero attached hydrogens (tertiary/aromatic N) is 19. The molecule has 11 N–H and O–H groups in total. The molecule has 137 heavy (non-hydrogen) atoms. The van der Waals surface area contributed by atoms with E-state index in [0.717, 1.165) is 189 Å². The second kappa shape index (κ2) is 38.7. The number of nitrogen functional groups attached to an aromatic ring is 1. The predicted molar refractivity (Wildman–Crippen MR) is 521 cm³/mol. The third kappa shape index (κ3) is 17.7. The fourth-order valence-electron chi connectivity index (χ4n) is 16.6. The summed E-state index contributed by atoms with van der Waals surface area (Å²) in [6.07, 6.45) is 21.0. The SMILES string of the molecule is NCc1ccc(-c2nc3ccn4c(-c5cnc[nH]5)nnc4c3cc2-c2ccccc2)cc1.NNc1nccc2nc(-c3ccc(C4OCCO4)cc3)c(-c3ccccc3)cc12.O/N=C/c1ccc(-c2nc3ccn4c(-c5cnc[nH]5)nnc4c3cc2-c2ccccc2)cc1.O=C(O)c1cnc[nH]1.c1ccc(-c2cc3c(ccn4c(-c5cnc[nH]5)nnc34)nc2-c2ccc(C3OCCO3)cc2)cc1. The zero-order valence-corrected chi connectivity index (χ0v) is 72.7. The normalized spacial score (nSPS) is 12.7. The quantitative estimate of drug-likeness (QED) is 0.0177. The molecule has 17 heterocycles. The third-order valence-corrected chi connectivity index (χ3v) is 23.3. The van der Waals surface area contributed by atoms with Crippen molar-refractivity contribution in [3.63, 3.8) is 0 Å². The zero-order chi connectivity index (χ0) is 92.5. The van der Waals surface area contributed by atoms with Crippen molar-refractivity contribution in [3.05, 3.63) is 370 Å². The van der Waals surface area contributed by atoms with E-state index in [-0.39, 0.29) is 18.3 Å². The number of hydrogen-bond acceptors (Lipinski definition) is 25. The van der Waals surface area contributed by atoms with Gasteiger partial charge in [0.1, 0.15) is 28.6 Å². The highest BCUT2D eigenvalue weighted by Crippen LogP contribution is 2.42. The summed E-state index contributed by atoms with van der Waals surface area (Å²) in [6.45, 7) is 3.01. The van der Waals surface area contributed by atoms with Crippen molar-refractivity contribution in [1.82, 2.24) is 109 Å². The number of nitrogens with one attached hydrogen (secondary N) is 5. The van der Waals surface area contributed by atoms with Crippen molar-refractivity contribution in [2.24, 2.45) is 16.7 Å². The summed E-state index contributed by atoms with van der Waals surface area (Å²) in [4.78, 5) is 62.0. The Balaban J connectivity index is 0.000000106. The number of aromatic nitrogens is 22.